The Morgan fingerprint density at radius 2 is 0.842 bits per heavy atom. The van der Waals surface area contributed by atoms with Crippen LogP contribution >= 0.6 is 0 Å². The first-order valence-corrected chi connectivity index (χ1v) is 12.2. The molecule has 0 spiro atoms. The minimum absolute atomic E-state index is 0.403. The van der Waals surface area contributed by atoms with Crippen LogP contribution in [0.3, 0.4) is 0 Å². The molecule has 38 heavy (non-hydrogen) atoms. The number of benzene rings is 4. The van der Waals surface area contributed by atoms with Gasteiger partial charge in [0.25, 0.3) is 0 Å². The van der Waals surface area contributed by atoms with E-state index in [0.29, 0.717) is 11.4 Å². The minimum Gasteiger partial charge on any atom is -0.246 e. The number of aromatic nitrogens is 2. The molecule has 0 bridgehead atoms. The molecule has 4 nitrogen and oxygen atoms in total. The Labute approximate surface area is 220 Å². The third-order valence-corrected chi connectivity index (χ3v) is 6.69. The molecule has 2 aromatic heterocycles. The molecule has 0 aliphatic carbocycles. The summed E-state index contributed by atoms with van der Waals surface area (Å²) in [6, 6.07) is 41.3. The van der Waals surface area contributed by atoms with Gasteiger partial charge < -0.3 is 0 Å². The smallest absolute Gasteiger partial charge is 0.141 e. The summed E-state index contributed by atoms with van der Waals surface area (Å²) >= 11 is 0. The van der Waals surface area contributed by atoms with Gasteiger partial charge in [-0.3, -0.25) is 0 Å². The standard InChI is InChI=1S/C34H20N4/c35-21-29-19-25(13-15-37-29)23-5-3-7-27(17-23)31-11-12-32(34-10-2-1-9-33(31)34)28-8-4-6-24(18-28)26-14-16-38-30(20-26)22-36/h1-20H. The number of nitriles is 2. The maximum absolute atomic E-state index is 9.26. The molecule has 4 aromatic carbocycles. The fraction of sp³-hybridized carbons (Fsp3) is 0. The van der Waals surface area contributed by atoms with E-state index in [-0.39, 0.29) is 0 Å². The molecule has 0 radical (unpaired) electrons. The molecule has 0 unspecified atom stereocenters. The van der Waals surface area contributed by atoms with E-state index in [2.05, 4.69) is 94.9 Å². The van der Waals surface area contributed by atoms with E-state index in [1.165, 1.54) is 0 Å². The van der Waals surface area contributed by atoms with Crippen molar-refractivity contribution in [2.45, 2.75) is 0 Å². The zero-order valence-corrected chi connectivity index (χ0v) is 20.3. The van der Waals surface area contributed by atoms with Crippen LogP contribution in [0.5, 0.6) is 0 Å². The summed E-state index contributed by atoms with van der Waals surface area (Å²) in [6.07, 6.45) is 3.35. The summed E-state index contributed by atoms with van der Waals surface area (Å²) < 4.78 is 0. The topological polar surface area (TPSA) is 73.4 Å². The Balaban J connectivity index is 1.46. The lowest BCUT2D eigenvalue weighted by molar-refractivity contribution is 1.26. The van der Waals surface area contributed by atoms with Crippen LogP contribution in [-0.4, -0.2) is 9.97 Å². The Kier molecular flexibility index (Phi) is 5.91. The number of pyridine rings is 2. The summed E-state index contributed by atoms with van der Waals surface area (Å²) in [5.74, 6) is 0. The van der Waals surface area contributed by atoms with Crippen molar-refractivity contribution in [1.82, 2.24) is 9.97 Å². The van der Waals surface area contributed by atoms with Crippen LogP contribution in [0.2, 0.25) is 0 Å². The maximum Gasteiger partial charge on any atom is 0.141 e. The van der Waals surface area contributed by atoms with Gasteiger partial charge in [0.15, 0.2) is 0 Å². The second-order valence-electron chi connectivity index (χ2n) is 8.95. The van der Waals surface area contributed by atoms with Crippen molar-refractivity contribution in [3.63, 3.8) is 0 Å². The Morgan fingerprint density at radius 3 is 1.29 bits per heavy atom. The molecule has 0 saturated heterocycles. The van der Waals surface area contributed by atoms with Crippen molar-refractivity contribution in [1.29, 1.82) is 10.5 Å². The van der Waals surface area contributed by atoms with E-state index < -0.39 is 0 Å². The van der Waals surface area contributed by atoms with Crippen molar-refractivity contribution in [3.05, 3.63) is 133 Å². The van der Waals surface area contributed by atoms with Crippen LogP contribution in [0.4, 0.5) is 0 Å². The SMILES string of the molecule is N#Cc1cc(-c2cccc(-c3ccc(-c4cccc(-c5ccnc(C#N)c5)c4)c4ccccc34)c2)ccn1. The van der Waals surface area contributed by atoms with E-state index >= 15 is 0 Å². The van der Waals surface area contributed by atoms with E-state index in [1.807, 2.05) is 36.4 Å². The van der Waals surface area contributed by atoms with Crippen molar-refractivity contribution in [3.8, 4) is 56.6 Å². The Hall–Kier alpha value is -5.58. The lowest BCUT2D eigenvalue weighted by atomic mass is 9.90. The number of rotatable bonds is 4. The largest absolute Gasteiger partial charge is 0.246 e. The monoisotopic (exact) mass is 484 g/mol. The van der Waals surface area contributed by atoms with Crippen LogP contribution in [0.1, 0.15) is 11.4 Å². The normalized spacial score (nSPS) is 10.6. The highest BCUT2D eigenvalue weighted by Crippen LogP contribution is 2.37. The van der Waals surface area contributed by atoms with Gasteiger partial charge in [-0.25, -0.2) is 9.97 Å². The fourth-order valence-corrected chi connectivity index (χ4v) is 4.88. The molecule has 176 valence electrons. The van der Waals surface area contributed by atoms with E-state index in [4.69, 9.17) is 0 Å². The molecule has 0 saturated carbocycles. The van der Waals surface area contributed by atoms with E-state index in [9.17, 15) is 10.5 Å². The Bertz CT molecular complexity index is 1770. The van der Waals surface area contributed by atoms with Gasteiger partial charge in [0.05, 0.1) is 0 Å². The van der Waals surface area contributed by atoms with E-state index in [0.717, 1.165) is 55.3 Å². The molecule has 0 atom stereocenters. The third kappa shape index (κ3) is 4.28. The lowest BCUT2D eigenvalue weighted by Crippen LogP contribution is -1.89. The average molecular weight is 485 g/mol. The predicted molar refractivity (Wildman–Crippen MR) is 151 cm³/mol. The number of hydrogen-bond donors (Lipinski definition) is 0. The zero-order chi connectivity index (χ0) is 25.9. The molecular formula is C34H20N4. The van der Waals surface area contributed by atoms with Gasteiger partial charge in [-0.2, -0.15) is 10.5 Å². The van der Waals surface area contributed by atoms with Crippen molar-refractivity contribution in [2.24, 2.45) is 0 Å². The molecule has 6 rings (SSSR count). The Morgan fingerprint density at radius 1 is 0.421 bits per heavy atom. The minimum atomic E-state index is 0.403. The molecule has 0 N–H and O–H groups in total. The number of nitrogens with zero attached hydrogens (tertiary/aromatic N) is 4. The van der Waals surface area contributed by atoms with Gasteiger partial charge in [0.1, 0.15) is 23.5 Å². The summed E-state index contributed by atoms with van der Waals surface area (Å²) in [5, 5.41) is 20.8. The second kappa shape index (κ2) is 9.82. The highest BCUT2D eigenvalue weighted by atomic mass is 14.7. The van der Waals surface area contributed by atoms with Crippen LogP contribution in [0, 0.1) is 22.7 Å². The molecule has 0 amide bonds. The molecule has 6 aromatic rings. The van der Waals surface area contributed by atoms with Crippen LogP contribution in [0.15, 0.2) is 122 Å². The first kappa shape index (κ1) is 22.9. The number of hydrogen-bond acceptors (Lipinski definition) is 4. The summed E-state index contributed by atoms with van der Waals surface area (Å²) in [7, 11) is 0. The average Bonchev–Trinajstić information content (AvgIpc) is 3.00. The predicted octanol–water partition coefficient (Wildman–Crippen LogP) is 8.04. The third-order valence-electron chi connectivity index (χ3n) is 6.69. The number of fused-ring (bicyclic) bond motifs is 1. The van der Waals surface area contributed by atoms with Crippen molar-refractivity contribution in [2.75, 3.05) is 0 Å². The lowest BCUT2D eigenvalue weighted by Gasteiger charge is -2.14. The second-order valence-corrected chi connectivity index (χ2v) is 8.95. The first-order valence-electron chi connectivity index (χ1n) is 12.2. The van der Waals surface area contributed by atoms with Gasteiger partial charge in [-0.1, -0.05) is 72.8 Å². The van der Waals surface area contributed by atoms with Gasteiger partial charge in [0, 0.05) is 12.4 Å². The summed E-state index contributed by atoms with van der Waals surface area (Å²) in [6.45, 7) is 0. The van der Waals surface area contributed by atoms with Crippen molar-refractivity contribution < 1.29 is 0 Å². The molecular weight excluding hydrogens is 464 g/mol. The van der Waals surface area contributed by atoms with Gasteiger partial charge >= 0.3 is 0 Å². The van der Waals surface area contributed by atoms with Gasteiger partial charge in [-0.05, 0) is 91.7 Å². The van der Waals surface area contributed by atoms with Crippen LogP contribution in [-0.2, 0) is 0 Å². The summed E-state index contributed by atoms with van der Waals surface area (Å²) in [5.41, 5.74) is 9.31. The highest BCUT2D eigenvalue weighted by Gasteiger charge is 2.11. The zero-order valence-electron chi connectivity index (χ0n) is 20.3. The highest BCUT2D eigenvalue weighted by molar-refractivity contribution is 6.05. The molecule has 0 fully saturated rings. The molecule has 0 aliphatic heterocycles. The van der Waals surface area contributed by atoms with Gasteiger partial charge in [0.2, 0.25) is 0 Å². The van der Waals surface area contributed by atoms with Crippen molar-refractivity contribution >= 4 is 10.8 Å². The molecule has 4 heteroatoms. The first-order chi connectivity index (χ1) is 18.7. The van der Waals surface area contributed by atoms with Gasteiger partial charge in [-0.15, -0.1) is 0 Å². The quantitative estimate of drug-likeness (QED) is 0.254. The van der Waals surface area contributed by atoms with E-state index in [1.54, 1.807) is 12.4 Å². The summed E-state index contributed by atoms with van der Waals surface area (Å²) in [4.78, 5) is 8.20. The molecule has 2 heterocycles. The molecule has 0 aliphatic rings. The fourth-order valence-electron chi connectivity index (χ4n) is 4.88. The van der Waals surface area contributed by atoms with Crippen LogP contribution < -0.4 is 0 Å². The van der Waals surface area contributed by atoms with Crippen LogP contribution in [0.25, 0.3) is 55.3 Å². The maximum atomic E-state index is 9.26.